The molecule has 0 spiro atoms. The second-order valence-corrected chi connectivity index (χ2v) is 4.38. The molecule has 2 heterocycles. The summed E-state index contributed by atoms with van der Waals surface area (Å²) in [5, 5.41) is -0.310. The molecule has 0 saturated heterocycles. The Hall–Kier alpha value is -1.88. The number of Topliss-reactive ketones (excluding diaryl/α,β-unsaturated/α-hetero) is 1. The maximum Gasteiger partial charge on any atom is 0.169 e. The molecule has 0 aromatic carbocycles. The van der Waals surface area contributed by atoms with Crippen LogP contribution in [0.2, 0.25) is 5.15 Å². The summed E-state index contributed by atoms with van der Waals surface area (Å²) in [7, 11) is 0. The second kappa shape index (κ2) is 5.01. The first-order valence-corrected chi connectivity index (χ1v) is 5.77. The van der Waals surface area contributed by atoms with Crippen LogP contribution in [0.4, 0.5) is 8.78 Å². The van der Waals surface area contributed by atoms with E-state index >= 15 is 0 Å². The third-order valence-corrected chi connectivity index (χ3v) is 2.78. The molecule has 6 heteroatoms. The first kappa shape index (κ1) is 13.5. The molecule has 2 aromatic heterocycles. The number of aromatic nitrogens is 2. The van der Waals surface area contributed by atoms with Crippen LogP contribution in [0.15, 0.2) is 18.3 Å². The third-order valence-electron chi connectivity index (χ3n) is 2.53. The Labute approximate surface area is 113 Å². The van der Waals surface area contributed by atoms with Crippen LogP contribution >= 0.6 is 11.6 Å². The maximum atomic E-state index is 14.0. The molecule has 0 aliphatic rings. The first-order valence-electron chi connectivity index (χ1n) is 5.39. The molecule has 2 rings (SSSR count). The van der Waals surface area contributed by atoms with E-state index in [1.807, 2.05) is 0 Å². The van der Waals surface area contributed by atoms with E-state index in [4.69, 9.17) is 11.6 Å². The van der Waals surface area contributed by atoms with Crippen LogP contribution in [0.25, 0.3) is 11.3 Å². The lowest BCUT2D eigenvalue weighted by molar-refractivity contribution is 0.101. The SMILES string of the molecule is CC(=O)c1cc(F)cnc1-c1cc(C)nc(Cl)c1F. The molecule has 19 heavy (non-hydrogen) atoms. The van der Waals surface area contributed by atoms with Gasteiger partial charge in [-0.1, -0.05) is 11.6 Å². The number of hydrogen-bond donors (Lipinski definition) is 0. The van der Waals surface area contributed by atoms with Gasteiger partial charge in [-0.2, -0.15) is 0 Å². The highest BCUT2D eigenvalue weighted by Gasteiger charge is 2.18. The number of carbonyl (C=O) groups is 1. The molecular formula is C13H9ClF2N2O. The minimum absolute atomic E-state index is 0.000525. The topological polar surface area (TPSA) is 42.9 Å². The molecule has 0 N–H and O–H groups in total. The Morgan fingerprint density at radius 2 is 2.00 bits per heavy atom. The van der Waals surface area contributed by atoms with E-state index < -0.39 is 17.4 Å². The normalized spacial score (nSPS) is 10.6. The fourth-order valence-electron chi connectivity index (χ4n) is 1.71. The maximum absolute atomic E-state index is 14.0. The van der Waals surface area contributed by atoms with Gasteiger partial charge < -0.3 is 0 Å². The van der Waals surface area contributed by atoms with Gasteiger partial charge >= 0.3 is 0 Å². The van der Waals surface area contributed by atoms with Gasteiger partial charge in [0.05, 0.1) is 11.9 Å². The highest BCUT2D eigenvalue weighted by molar-refractivity contribution is 6.29. The first-order chi connectivity index (χ1) is 8.90. The number of carbonyl (C=O) groups excluding carboxylic acids is 1. The van der Waals surface area contributed by atoms with E-state index in [0.29, 0.717) is 5.69 Å². The van der Waals surface area contributed by atoms with Crippen LogP contribution in [0, 0.1) is 18.6 Å². The minimum Gasteiger partial charge on any atom is -0.294 e. The molecule has 0 saturated carbocycles. The molecule has 0 aliphatic heterocycles. The van der Waals surface area contributed by atoms with Crippen molar-refractivity contribution < 1.29 is 13.6 Å². The number of ketones is 1. The molecule has 0 amide bonds. The standard InChI is InChI=1S/C13H9ClF2N2O/c1-6-3-10(11(16)13(14)18-6)12-9(7(2)19)4-8(15)5-17-12/h3-5H,1-2H3. The summed E-state index contributed by atoms with van der Waals surface area (Å²) in [4.78, 5) is 19.0. The Morgan fingerprint density at radius 1 is 1.32 bits per heavy atom. The average molecular weight is 283 g/mol. The predicted molar refractivity (Wildman–Crippen MR) is 67.1 cm³/mol. The van der Waals surface area contributed by atoms with Crippen molar-refractivity contribution in [2.75, 3.05) is 0 Å². The van der Waals surface area contributed by atoms with E-state index in [-0.39, 0.29) is 22.0 Å². The number of nitrogens with zero attached hydrogens (tertiary/aromatic N) is 2. The Morgan fingerprint density at radius 3 is 2.63 bits per heavy atom. The van der Waals surface area contributed by atoms with Crippen molar-refractivity contribution in [2.45, 2.75) is 13.8 Å². The van der Waals surface area contributed by atoms with Crippen molar-refractivity contribution in [3.63, 3.8) is 0 Å². The van der Waals surface area contributed by atoms with E-state index in [0.717, 1.165) is 12.3 Å². The molecule has 0 fully saturated rings. The van der Waals surface area contributed by atoms with Crippen LogP contribution in [-0.4, -0.2) is 15.8 Å². The Kier molecular flexibility index (Phi) is 3.57. The van der Waals surface area contributed by atoms with Crippen molar-refractivity contribution in [3.8, 4) is 11.3 Å². The summed E-state index contributed by atoms with van der Waals surface area (Å²) in [6.07, 6.45) is 0.922. The van der Waals surface area contributed by atoms with Gasteiger partial charge in [0.25, 0.3) is 0 Å². The van der Waals surface area contributed by atoms with Crippen molar-refractivity contribution in [1.29, 1.82) is 0 Å². The van der Waals surface area contributed by atoms with E-state index in [2.05, 4.69) is 9.97 Å². The molecule has 0 aliphatic carbocycles. The number of pyridine rings is 2. The monoisotopic (exact) mass is 282 g/mol. The predicted octanol–water partition coefficient (Wildman–Crippen LogP) is 3.59. The highest BCUT2D eigenvalue weighted by Crippen LogP contribution is 2.29. The zero-order valence-electron chi connectivity index (χ0n) is 10.2. The van der Waals surface area contributed by atoms with Crippen molar-refractivity contribution in [1.82, 2.24) is 9.97 Å². The van der Waals surface area contributed by atoms with Crippen molar-refractivity contribution in [2.24, 2.45) is 0 Å². The molecule has 3 nitrogen and oxygen atoms in total. The smallest absolute Gasteiger partial charge is 0.169 e. The molecule has 2 aromatic rings. The van der Waals surface area contributed by atoms with Crippen LogP contribution in [0.3, 0.4) is 0 Å². The van der Waals surface area contributed by atoms with Crippen LogP contribution in [0.5, 0.6) is 0 Å². The zero-order chi connectivity index (χ0) is 14.2. The number of rotatable bonds is 2. The lowest BCUT2D eigenvalue weighted by atomic mass is 10.0. The van der Waals surface area contributed by atoms with Gasteiger partial charge in [-0.25, -0.2) is 13.8 Å². The van der Waals surface area contributed by atoms with Gasteiger partial charge in [0.2, 0.25) is 0 Å². The van der Waals surface area contributed by atoms with Gasteiger partial charge in [-0.05, 0) is 26.0 Å². The molecular weight excluding hydrogens is 274 g/mol. The second-order valence-electron chi connectivity index (χ2n) is 4.02. The fraction of sp³-hybridized carbons (Fsp3) is 0.154. The molecule has 0 unspecified atom stereocenters. The van der Waals surface area contributed by atoms with Crippen LogP contribution < -0.4 is 0 Å². The Balaban J connectivity index is 2.75. The van der Waals surface area contributed by atoms with Crippen LogP contribution in [-0.2, 0) is 0 Å². The quantitative estimate of drug-likeness (QED) is 0.624. The number of aryl methyl sites for hydroxylation is 1. The Bertz CT molecular complexity index is 674. The van der Waals surface area contributed by atoms with Gasteiger partial charge in [0.1, 0.15) is 5.82 Å². The summed E-state index contributed by atoms with van der Waals surface area (Å²) >= 11 is 5.66. The summed E-state index contributed by atoms with van der Waals surface area (Å²) < 4.78 is 27.1. The van der Waals surface area contributed by atoms with Gasteiger partial charge in [-0.15, -0.1) is 0 Å². The van der Waals surface area contributed by atoms with Crippen LogP contribution in [0.1, 0.15) is 23.0 Å². The van der Waals surface area contributed by atoms with Crippen molar-refractivity contribution >= 4 is 17.4 Å². The lowest BCUT2D eigenvalue weighted by Gasteiger charge is -2.09. The lowest BCUT2D eigenvalue weighted by Crippen LogP contribution is -2.03. The van der Waals surface area contributed by atoms with Gasteiger partial charge in [0.15, 0.2) is 16.8 Å². The summed E-state index contributed by atoms with van der Waals surface area (Å²) in [5.74, 6) is -1.85. The third kappa shape index (κ3) is 2.61. The molecule has 0 radical (unpaired) electrons. The van der Waals surface area contributed by atoms with E-state index in [9.17, 15) is 13.6 Å². The summed E-state index contributed by atoms with van der Waals surface area (Å²) in [6, 6.07) is 2.43. The van der Waals surface area contributed by atoms with Gasteiger partial charge in [0, 0.05) is 16.8 Å². The number of halogens is 3. The largest absolute Gasteiger partial charge is 0.294 e. The fourth-order valence-corrected chi connectivity index (χ4v) is 1.95. The number of hydrogen-bond acceptors (Lipinski definition) is 3. The summed E-state index contributed by atoms with van der Waals surface area (Å²) in [5.41, 5.74) is 0.559. The average Bonchev–Trinajstić information content (AvgIpc) is 2.34. The van der Waals surface area contributed by atoms with Gasteiger partial charge in [-0.3, -0.25) is 9.78 Å². The molecule has 98 valence electrons. The van der Waals surface area contributed by atoms with E-state index in [1.54, 1.807) is 6.92 Å². The molecule has 0 atom stereocenters. The zero-order valence-corrected chi connectivity index (χ0v) is 10.9. The van der Waals surface area contributed by atoms with E-state index in [1.165, 1.54) is 13.0 Å². The summed E-state index contributed by atoms with van der Waals surface area (Å²) in [6.45, 7) is 2.89. The highest BCUT2D eigenvalue weighted by atomic mass is 35.5. The van der Waals surface area contributed by atoms with Crippen molar-refractivity contribution in [3.05, 3.63) is 46.4 Å². The minimum atomic E-state index is -0.783. The molecule has 0 bridgehead atoms.